The van der Waals surface area contributed by atoms with Crippen LogP contribution in [0.1, 0.15) is 32.6 Å². The summed E-state index contributed by atoms with van der Waals surface area (Å²) in [5, 5.41) is 18.5. The van der Waals surface area contributed by atoms with Crippen molar-refractivity contribution >= 4 is 0 Å². The molecule has 0 spiro atoms. The van der Waals surface area contributed by atoms with Gasteiger partial charge in [0.1, 0.15) is 6.61 Å². The van der Waals surface area contributed by atoms with Crippen molar-refractivity contribution in [3.05, 3.63) is 0 Å². The molecule has 106 valence electrons. The first kappa shape index (κ1) is 14.2. The van der Waals surface area contributed by atoms with Gasteiger partial charge in [-0.2, -0.15) is 0 Å². The van der Waals surface area contributed by atoms with Crippen molar-refractivity contribution in [2.45, 2.75) is 50.1 Å². The molecule has 6 nitrogen and oxygen atoms in total. The van der Waals surface area contributed by atoms with Gasteiger partial charge in [0, 0.05) is 0 Å². The molecule has 2 atom stereocenters. The fourth-order valence-corrected chi connectivity index (χ4v) is 2.62. The van der Waals surface area contributed by atoms with E-state index in [1.54, 1.807) is 0 Å². The monoisotopic (exact) mass is 262 g/mol. The van der Waals surface area contributed by atoms with E-state index in [1.165, 1.54) is 0 Å². The summed E-state index contributed by atoms with van der Waals surface area (Å²) < 4.78 is 16.7. The van der Waals surface area contributed by atoms with Crippen LogP contribution in [0.2, 0.25) is 0 Å². The van der Waals surface area contributed by atoms with Gasteiger partial charge in [-0.05, 0) is 19.8 Å². The molecule has 1 aliphatic carbocycles. The van der Waals surface area contributed by atoms with Gasteiger partial charge in [-0.1, -0.05) is 12.8 Å². The third kappa shape index (κ3) is 2.84. The van der Waals surface area contributed by atoms with E-state index in [0.717, 1.165) is 19.3 Å². The van der Waals surface area contributed by atoms with E-state index in [2.05, 4.69) is 4.89 Å². The standard InChI is InChI=1S/C12H22O6/c1-11(16-6-7-17-11)9-15-10-4-2-3-5-12(10,8-13)18-14/h10,13-14H,2-9H2,1H3. The molecule has 0 aromatic carbocycles. The van der Waals surface area contributed by atoms with Crippen LogP contribution in [-0.2, 0) is 19.1 Å². The molecular weight excluding hydrogens is 240 g/mol. The fourth-order valence-electron chi connectivity index (χ4n) is 2.62. The summed E-state index contributed by atoms with van der Waals surface area (Å²) >= 11 is 0. The lowest BCUT2D eigenvalue weighted by atomic mass is 9.82. The summed E-state index contributed by atoms with van der Waals surface area (Å²) in [6.45, 7) is 2.96. The van der Waals surface area contributed by atoms with E-state index in [1.807, 2.05) is 6.92 Å². The van der Waals surface area contributed by atoms with Gasteiger partial charge in [-0.25, -0.2) is 4.89 Å². The number of hydrogen-bond donors (Lipinski definition) is 2. The predicted molar refractivity (Wildman–Crippen MR) is 62.0 cm³/mol. The molecule has 6 heteroatoms. The Bertz CT molecular complexity index is 259. The lowest BCUT2D eigenvalue weighted by Gasteiger charge is -2.40. The Kier molecular flexibility index (Phi) is 4.58. The van der Waals surface area contributed by atoms with Gasteiger partial charge < -0.3 is 19.3 Å². The zero-order valence-electron chi connectivity index (χ0n) is 10.8. The summed E-state index contributed by atoms with van der Waals surface area (Å²) in [6, 6.07) is 0. The second-order valence-electron chi connectivity index (χ2n) is 5.19. The van der Waals surface area contributed by atoms with Crippen LogP contribution >= 0.6 is 0 Å². The van der Waals surface area contributed by atoms with Crippen molar-refractivity contribution in [1.29, 1.82) is 0 Å². The van der Waals surface area contributed by atoms with Gasteiger partial charge in [0.15, 0.2) is 11.4 Å². The van der Waals surface area contributed by atoms with E-state index < -0.39 is 11.4 Å². The average molecular weight is 262 g/mol. The van der Waals surface area contributed by atoms with Crippen molar-refractivity contribution in [1.82, 2.24) is 0 Å². The van der Waals surface area contributed by atoms with Gasteiger partial charge in [-0.3, -0.25) is 5.26 Å². The third-order valence-corrected chi connectivity index (χ3v) is 3.80. The molecule has 0 aromatic rings. The lowest BCUT2D eigenvalue weighted by molar-refractivity contribution is -0.366. The lowest BCUT2D eigenvalue weighted by Crippen LogP contribution is -2.52. The molecule has 2 N–H and O–H groups in total. The summed E-state index contributed by atoms with van der Waals surface area (Å²) in [7, 11) is 0. The van der Waals surface area contributed by atoms with Crippen LogP contribution in [0.4, 0.5) is 0 Å². The van der Waals surface area contributed by atoms with Crippen LogP contribution in [0.25, 0.3) is 0 Å². The van der Waals surface area contributed by atoms with E-state index in [-0.39, 0.29) is 19.3 Å². The van der Waals surface area contributed by atoms with Crippen molar-refractivity contribution in [2.24, 2.45) is 0 Å². The van der Waals surface area contributed by atoms with Crippen molar-refractivity contribution in [3.63, 3.8) is 0 Å². The molecule has 0 bridgehead atoms. The highest BCUT2D eigenvalue weighted by atomic mass is 17.1. The Morgan fingerprint density at radius 3 is 2.61 bits per heavy atom. The van der Waals surface area contributed by atoms with Gasteiger partial charge in [0.25, 0.3) is 0 Å². The molecule has 2 aliphatic rings. The van der Waals surface area contributed by atoms with Crippen LogP contribution in [0.5, 0.6) is 0 Å². The number of hydrogen-bond acceptors (Lipinski definition) is 6. The van der Waals surface area contributed by atoms with Crippen LogP contribution < -0.4 is 0 Å². The molecule has 1 saturated heterocycles. The van der Waals surface area contributed by atoms with E-state index >= 15 is 0 Å². The second kappa shape index (κ2) is 5.81. The Labute approximate surface area is 107 Å². The minimum atomic E-state index is -1.01. The first-order valence-electron chi connectivity index (χ1n) is 6.47. The van der Waals surface area contributed by atoms with Crippen molar-refractivity contribution in [3.8, 4) is 0 Å². The highest BCUT2D eigenvalue weighted by molar-refractivity contribution is 4.92. The van der Waals surface area contributed by atoms with Gasteiger partial charge in [0.05, 0.1) is 25.9 Å². The zero-order valence-corrected chi connectivity index (χ0v) is 10.8. The van der Waals surface area contributed by atoms with Crippen molar-refractivity contribution < 1.29 is 29.5 Å². The van der Waals surface area contributed by atoms with Gasteiger partial charge >= 0.3 is 0 Å². The first-order chi connectivity index (χ1) is 8.64. The molecule has 18 heavy (non-hydrogen) atoms. The number of ether oxygens (including phenoxy) is 3. The number of rotatable bonds is 5. The second-order valence-corrected chi connectivity index (χ2v) is 5.19. The average Bonchev–Trinajstić information content (AvgIpc) is 2.84. The molecule has 1 saturated carbocycles. The van der Waals surface area contributed by atoms with Crippen LogP contribution in [0, 0.1) is 0 Å². The largest absolute Gasteiger partial charge is 0.393 e. The predicted octanol–water partition coefficient (Wildman–Crippen LogP) is 0.929. The molecule has 1 aliphatic heterocycles. The van der Waals surface area contributed by atoms with Crippen LogP contribution in [0.3, 0.4) is 0 Å². The SMILES string of the molecule is CC1(COC2CCCCC2(CO)OO)OCCO1. The normalized spacial score (nSPS) is 35.8. The summed E-state index contributed by atoms with van der Waals surface area (Å²) in [5.41, 5.74) is -1.01. The number of aliphatic hydroxyl groups is 1. The fraction of sp³-hybridized carbons (Fsp3) is 1.00. The summed E-state index contributed by atoms with van der Waals surface area (Å²) in [6.07, 6.45) is 2.89. The van der Waals surface area contributed by atoms with E-state index in [9.17, 15) is 5.11 Å². The van der Waals surface area contributed by atoms with Crippen LogP contribution in [0.15, 0.2) is 0 Å². The first-order valence-corrected chi connectivity index (χ1v) is 6.47. The molecule has 0 radical (unpaired) electrons. The smallest absolute Gasteiger partial charge is 0.189 e. The Hall–Kier alpha value is -0.240. The Balaban J connectivity index is 1.93. The molecule has 2 rings (SSSR count). The molecule has 0 amide bonds. The molecular formula is C12H22O6. The Morgan fingerprint density at radius 1 is 1.28 bits per heavy atom. The molecule has 2 unspecified atom stereocenters. The van der Waals surface area contributed by atoms with Crippen molar-refractivity contribution in [2.75, 3.05) is 26.4 Å². The van der Waals surface area contributed by atoms with Crippen LogP contribution in [-0.4, -0.2) is 54.3 Å². The minimum absolute atomic E-state index is 0.257. The van der Waals surface area contributed by atoms with Gasteiger partial charge in [-0.15, -0.1) is 0 Å². The van der Waals surface area contributed by atoms with Gasteiger partial charge in [0.2, 0.25) is 0 Å². The zero-order chi connectivity index (χ0) is 13.1. The maximum atomic E-state index is 9.44. The number of aliphatic hydroxyl groups excluding tert-OH is 1. The highest BCUT2D eigenvalue weighted by Crippen LogP contribution is 2.34. The summed E-state index contributed by atoms with van der Waals surface area (Å²) in [5.74, 6) is -0.728. The minimum Gasteiger partial charge on any atom is -0.393 e. The highest BCUT2D eigenvalue weighted by Gasteiger charge is 2.45. The maximum Gasteiger partial charge on any atom is 0.189 e. The topological polar surface area (TPSA) is 77.4 Å². The Morgan fingerprint density at radius 2 is 2.00 bits per heavy atom. The maximum absolute atomic E-state index is 9.44. The van der Waals surface area contributed by atoms with E-state index in [0.29, 0.717) is 19.6 Å². The summed E-state index contributed by atoms with van der Waals surface area (Å²) in [4.78, 5) is 4.53. The molecule has 0 aromatic heterocycles. The quantitative estimate of drug-likeness (QED) is 0.567. The molecule has 2 fully saturated rings. The van der Waals surface area contributed by atoms with E-state index in [4.69, 9.17) is 19.5 Å². The third-order valence-electron chi connectivity index (χ3n) is 3.80. The molecule has 1 heterocycles.